The molecule has 2 amide bonds. The molecule has 3 aromatic heterocycles. The summed E-state index contributed by atoms with van der Waals surface area (Å²) in [5.74, 6) is -0.786. The number of pyridine rings is 1. The molecule has 2 N–H and O–H groups in total. The maximum atomic E-state index is 15.3. The van der Waals surface area contributed by atoms with E-state index in [1.54, 1.807) is 35.1 Å². The largest absolute Gasteiger partial charge is 0.445 e. The van der Waals surface area contributed by atoms with Crippen molar-refractivity contribution in [3.63, 3.8) is 0 Å². The number of likely N-dealkylation sites (N-methyl/N-ethyl adjacent to an activating group) is 1. The molecule has 2 fully saturated rings. The maximum Gasteiger partial charge on any atom is 0.407 e. The number of alkyl carbamates (subject to hydrolysis) is 1. The minimum absolute atomic E-state index is 0.0164. The van der Waals surface area contributed by atoms with Gasteiger partial charge >= 0.3 is 6.09 Å². The summed E-state index contributed by atoms with van der Waals surface area (Å²) >= 11 is 0. The van der Waals surface area contributed by atoms with Crippen LogP contribution in [0.5, 0.6) is 0 Å². The molecule has 2 saturated heterocycles. The number of benzene rings is 2. The summed E-state index contributed by atoms with van der Waals surface area (Å²) < 4.78 is 34.0. The normalized spacial score (nSPS) is 19.5. The van der Waals surface area contributed by atoms with Crippen LogP contribution >= 0.6 is 0 Å². The quantitative estimate of drug-likeness (QED) is 0.196. The minimum atomic E-state index is -0.665. The SMILES string of the molecule is CN1C[C@@H](NC(=O)OCc2ccccc2)C[C@@H](c2nc(-c3ccc(NC(=O)c4cccc(-c5ccnn5C5CCCCO5)n4)c(F)c3)no2)C1. The van der Waals surface area contributed by atoms with E-state index in [4.69, 9.17) is 14.0 Å². The molecule has 0 bridgehead atoms. The van der Waals surface area contributed by atoms with Crippen molar-refractivity contribution in [1.82, 2.24) is 35.1 Å². The van der Waals surface area contributed by atoms with E-state index < -0.39 is 17.8 Å². The molecule has 13 nitrogen and oxygen atoms in total. The summed E-state index contributed by atoms with van der Waals surface area (Å²) in [6.45, 7) is 2.13. The molecular weight excluding hydrogens is 643 g/mol. The number of halogens is 1. The van der Waals surface area contributed by atoms with Crippen LogP contribution in [-0.2, 0) is 16.1 Å². The average Bonchev–Trinajstić information content (AvgIpc) is 3.84. The molecule has 0 aliphatic carbocycles. The first kappa shape index (κ1) is 33.0. The van der Waals surface area contributed by atoms with E-state index in [1.165, 1.54) is 12.1 Å². The van der Waals surface area contributed by atoms with Crippen molar-refractivity contribution in [1.29, 1.82) is 0 Å². The Hall–Kier alpha value is -5.47. The number of hydrogen-bond donors (Lipinski definition) is 2. The Morgan fingerprint density at radius 3 is 2.72 bits per heavy atom. The van der Waals surface area contributed by atoms with E-state index >= 15 is 4.39 Å². The van der Waals surface area contributed by atoms with Crippen LogP contribution in [0.15, 0.2) is 83.5 Å². The van der Waals surface area contributed by atoms with Gasteiger partial charge in [0.05, 0.1) is 23.0 Å². The van der Waals surface area contributed by atoms with Crippen molar-refractivity contribution in [2.75, 3.05) is 32.1 Å². The Balaban J connectivity index is 0.978. The molecule has 14 heteroatoms. The van der Waals surface area contributed by atoms with Crippen LogP contribution in [0.4, 0.5) is 14.9 Å². The molecule has 50 heavy (non-hydrogen) atoms. The fourth-order valence-corrected chi connectivity index (χ4v) is 6.36. The van der Waals surface area contributed by atoms with Gasteiger partial charge in [0, 0.05) is 37.5 Å². The van der Waals surface area contributed by atoms with Crippen molar-refractivity contribution in [3.8, 4) is 22.8 Å². The number of ether oxygens (including phenoxy) is 2. The van der Waals surface area contributed by atoms with Crippen LogP contribution in [0.1, 0.15) is 59.8 Å². The summed E-state index contributed by atoms with van der Waals surface area (Å²) in [6, 6.07) is 20.5. The molecular formula is C36H37FN8O5. The van der Waals surface area contributed by atoms with Crippen LogP contribution in [0.2, 0.25) is 0 Å². The number of nitrogens with one attached hydrogen (secondary N) is 2. The lowest BCUT2D eigenvalue weighted by atomic mass is 9.94. The molecule has 0 spiro atoms. The summed E-state index contributed by atoms with van der Waals surface area (Å²) in [5, 5.41) is 14.1. The van der Waals surface area contributed by atoms with Gasteiger partial charge in [0.1, 0.15) is 18.1 Å². The Morgan fingerprint density at radius 1 is 1.02 bits per heavy atom. The van der Waals surface area contributed by atoms with Gasteiger partial charge in [-0.2, -0.15) is 10.1 Å². The highest BCUT2D eigenvalue weighted by Crippen LogP contribution is 2.30. The lowest BCUT2D eigenvalue weighted by Gasteiger charge is -2.34. The van der Waals surface area contributed by atoms with Gasteiger partial charge in [-0.05, 0) is 74.7 Å². The first-order valence-corrected chi connectivity index (χ1v) is 16.6. The Labute approximate surface area is 287 Å². The summed E-state index contributed by atoms with van der Waals surface area (Å²) in [6.07, 6.45) is 4.47. The number of nitrogens with zero attached hydrogens (tertiary/aromatic N) is 6. The molecule has 5 heterocycles. The zero-order chi connectivity index (χ0) is 34.5. The van der Waals surface area contributed by atoms with Gasteiger partial charge in [-0.25, -0.2) is 18.9 Å². The fraction of sp³-hybridized carbons (Fsp3) is 0.333. The lowest BCUT2D eigenvalue weighted by Crippen LogP contribution is -2.49. The lowest BCUT2D eigenvalue weighted by molar-refractivity contribution is -0.0384. The second-order valence-electron chi connectivity index (χ2n) is 12.6. The van der Waals surface area contributed by atoms with Gasteiger partial charge in [0.15, 0.2) is 6.23 Å². The van der Waals surface area contributed by atoms with Crippen molar-refractivity contribution in [3.05, 3.63) is 102 Å². The zero-order valence-electron chi connectivity index (χ0n) is 27.5. The fourth-order valence-electron chi connectivity index (χ4n) is 6.36. The molecule has 2 aliphatic heterocycles. The third-order valence-electron chi connectivity index (χ3n) is 8.78. The standard InChI is InChI=1S/C36H37FN8O5/c1-44-20-25(18-26(21-44)39-36(47)49-22-23-8-3-2-4-9-23)35-42-33(43-50-35)24-13-14-28(27(37)19-24)41-34(46)30-11-7-10-29(40-30)31-15-16-38-45(31)32-12-5-6-17-48-32/h2-4,7-11,13-16,19,25-26,32H,5-6,12,17-18,20-22H2,1H3,(H,39,47)(H,41,46)/t25-,26+,32?/m1/s1. The highest BCUT2D eigenvalue weighted by Gasteiger charge is 2.31. The number of piperidine rings is 1. The second-order valence-corrected chi connectivity index (χ2v) is 12.6. The van der Waals surface area contributed by atoms with Gasteiger partial charge in [-0.3, -0.25) is 4.79 Å². The molecule has 0 saturated carbocycles. The summed E-state index contributed by atoms with van der Waals surface area (Å²) in [5.41, 5.74) is 2.69. The highest BCUT2D eigenvalue weighted by molar-refractivity contribution is 6.03. The van der Waals surface area contributed by atoms with Crippen molar-refractivity contribution in [2.45, 2.75) is 50.5 Å². The van der Waals surface area contributed by atoms with Gasteiger partial charge in [-0.15, -0.1) is 0 Å². The molecule has 0 radical (unpaired) electrons. The van der Waals surface area contributed by atoms with E-state index in [1.807, 2.05) is 43.4 Å². The predicted octanol–water partition coefficient (Wildman–Crippen LogP) is 5.80. The van der Waals surface area contributed by atoms with Crippen molar-refractivity contribution in [2.24, 2.45) is 0 Å². The first-order chi connectivity index (χ1) is 24.4. The predicted molar refractivity (Wildman–Crippen MR) is 180 cm³/mol. The van der Waals surface area contributed by atoms with E-state index in [9.17, 15) is 9.59 Å². The van der Waals surface area contributed by atoms with Gasteiger partial charge in [0.25, 0.3) is 5.91 Å². The number of amides is 2. The number of aromatic nitrogens is 5. The van der Waals surface area contributed by atoms with Crippen LogP contribution in [-0.4, -0.2) is 74.6 Å². The van der Waals surface area contributed by atoms with Gasteiger partial charge in [0.2, 0.25) is 11.7 Å². The number of carbonyl (C=O) groups is 2. The molecule has 2 aromatic carbocycles. The van der Waals surface area contributed by atoms with Crippen molar-refractivity contribution < 1.29 is 28.0 Å². The smallest absolute Gasteiger partial charge is 0.407 e. The number of carbonyl (C=O) groups excluding carboxylic acids is 2. The second kappa shape index (κ2) is 15.0. The van der Waals surface area contributed by atoms with Crippen molar-refractivity contribution >= 4 is 17.7 Å². The number of hydrogen-bond acceptors (Lipinski definition) is 10. The molecule has 2 aliphatic rings. The zero-order valence-corrected chi connectivity index (χ0v) is 27.5. The van der Waals surface area contributed by atoms with E-state index in [0.29, 0.717) is 43.3 Å². The molecule has 258 valence electrons. The summed E-state index contributed by atoms with van der Waals surface area (Å²) in [4.78, 5) is 36.8. The Morgan fingerprint density at radius 2 is 1.90 bits per heavy atom. The van der Waals surface area contributed by atoms with Crippen LogP contribution in [0.25, 0.3) is 22.8 Å². The number of likely N-dealkylation sites (tertiary alicyclic amines) is 1. The molecule has 5 aromatic rings. The Bertz CT molecular complexity index is 1940. The van der Waals surface area contributed by atoms with Crippen LogP contribution in [0.3, 0.4) is 0 Å². The molecule has 7 rings (SSSR count). The third-order valence-corrected chi connectivity index (χ3v) is 8.78. The Kier molecular flexibility index (Phi) is 9.89. The van der Waals surface area contributed by atoms with Crippen LogP contribution in [0, 0.1) is 5.82 Å². The van der Waals surface area contributed by atoms with E-state index in [-0.39, 0.29) is 42.0 Å². The highest BCUT2D eigenvalue weighted by atomic mass is 19.1. The van der Waals surface area contributed by atoms with Gasteiger partial charge < -0.3 is 29.5 Å². The third kappa shape index (κ3) is 7.71. The molecule has 1 unspecified atom stereocenters. The average molecular weight is 681 g/mol. The molecule has 3 atom stereocenters. The van der Waals surface area contributed by atoms with Gasteiger partial charge in [-0.1, -0.05) is 41.6 Å². The van der Waals surface area contributed by atoms with E-state index in [2.05, 4.69) is 35.8 Å². The number of anilines is 1. The first-order valence-electron chi connectivity index (χ1n) is 16.6. The number of rotatable bonds is 9. The summed E-state index contributed by atoms with van der Waals surface area (Å²) in [7, 11) is 1.95. The van der Waals surface area contributed by atoms with Crippen LogP contribution < -0.4 is 10.6 Å². The topological polar surface area (TPSA) is 150 Å². The maximum absolute atomic E-state index is 15.3. The minimum Gasteiger partial charge on any atom is -0.445 e. The van der Waals surface area contributed by atoms with E-state index in [0.717, 1.165) is 30.5 Å². The monoisotopic (exact) mass is 680 g/mol.